The van der Waals surface area contributed by atoms with E-state index < -0.39 is 0 Å². The third-order valence-electron chi connectivity index (χ3n) is 1.24. The average molecular weight is 142 g/mol. The van der Waals surface area contributed by atoms with Gasteiger partial charge in [-0.1, -0.05) is 30.3 Å². The van der Waals surface area contributed by atoms with Crippen LogP contribution in [0.4, 0.5) is 0 Å². The fraction of sp³-hybridized carbons (Fsp3) is 0. The molecular formula is C9H6N2. The monoisotopic (exact) mass is 142 g/mol. The summed E-state index contributed by atoms with van der Waals surface area (Å²) in [5.74, 6) is 0. The van der Waals surface area contributed by atoms with Crippen molar-refractivity contribution in [3.05, 3.63) is 42.8 Å². The Hall–Kier alpha value is -1.62. The van der Waals surface area contributed by atoms with E-state index in [2.05, 4.69) is 4.99 Å². The zero-order valence-corrected chi connectivity index (χ0v) is 5.86. The van der Waals surface area contributed by atoms with Crippen LogP contribution in [0.2, 0.25) is 0 Å². The van der Waals surface area contributed by atoms with Gasteiger partial charge >= 0.3 is 0 Å². The summed E-state index contributed by atoms with van der Waals surface area (Å²) in [5, 5.41) is 8.18. The van der Waals surface area contributed by atoms with E-state index in [4.69, 9.17) is 12.2 Å². The van der Waals surface area contributed by atoms with E-state index in [-0.39, 0.29) is 5.71 Å². The first-order chi connectivity index (χ1) is 5.34. The molecule has 0 saturated carbocycles. The molecule has 0 spiro atoms. The number of nitriles is 1. The van der Waals surface area contributed by atoms with E-state index in [9.17, 15) is 0 Å². The van der Waals surface area contributed by atoms with E-state index in [0.717, 1.165) is 5.56 Å². The molecule has 0 atom stereocenters. The Morgan fingerprint density at radius 2 is 2.00 bits per heavy atom. The number of hydrogen-bond acceptors (Lipinski definition) is 2. The lowest BCUT2D eigenvalue weighted by Gasteiger charge is -1.94. The first kappa shape index (κ1) is 7.49. The highest BCUT2D eigenvalue weighted by atomic mass is 14.7. The average Bonchev–Trinajstić information content (AvgIpc) is 2.07. The van der Waals surface area contributed by atoms with Crippen LogP contribution in [-0.4, -0.2) is 5.71 Å². The molecule has 1 aromatic carbocycles. The Balaban J connectivity index is 2.96. The number of aliphatic imine (C=N–C) groups is 1. The van der Waals surface area contributed by atoms with Crippen molar-refractivity contribution in [2.24, 2.45) is 4.99 Å². The summed E-state index contributed by atoms with van der Waals surface area (Å²) in [5.41, 5.74) is 1.03. The van der Waals surface area contributed by atoms with Gasteiger partial charge in [0.2, 0.25) is 6.19 Å². The fourth-order valence-electron chi connectivity index (χ4n) is 0.727. The lowest BCUT2D eigenvalue weighted by molar-refractivity contribution is 1.43. The van der Waals surface area contributed by atoms with Crippen molar-refractivity contribution in [2.45, 2.75) is 0 Å². The van der Waals surface area contributed by atoms with Crippen molar-refractivity contribution in [2.75, 3.05) is 0 Å². The highest BCUT2D eigenvalue weighted by molar-refractivity contribution is 6.04. The standard InChI is InChI=1S/C9H6N2/c1-8(11-7-10)9-5-3-2-4-6-9/h1-6H. The summed E-state index contributed by atoms with van der Waals surface area (Å²) in [6.07, 6.45) is 1.63. The summed E-state index contributed by atoms with van der Waals surface area (Å²) in [6.45, 7) is 5.43. The van der Waals surface area contributed by atoms with E-state index in [0.29, 0.717) is 0 Å². The Bertz CT molecular complexity index is 293. The maximum absolute atomic E-state index is 8.18. The van der Waals surface area contributed by atoms with Gasteiger partial charge in [-0.25, -0.2) is 0 Å². The summed E-state index contributed by atoms with van der Waals surface area (Å²) >= 11 is 0. The topological polar surface area (TPSA) is 36.1 Å². The SMILES string of the molecule is [CH]C(=NC#N)c1ccccc1. The third-order valence-corrected chi connectivity index (χ3v) is 1.24. The van der Waals surface area contributed by atoms with Gasteiger partial charge in [0.05, 0.1) is 5.71 Å². The second-order valence-corrected chi connectivity index (χ2v) is 1.96. The van der Waals surface area contributed by atoms with Crippen LogP contribution in [0, 0.1) is 18.4 Å². The Morgan fingerprint density at radius 1 is 1.36 bits per heavy atom. The van der Waals surface area contributed by atoms with Gasteiger partial charge in [-0.2, -0.15) is 10.3 Å². The number of rotatable bonds is 1. The smallest absolute Gasteiger partial charge is 0.177 e. The molecule has 1 rings (SSSR count). The zero-order chi connectivity index (χ0) is 8.10. The van der Waals surface area contributed by atoms with Crippen molar-refractivity contribution < 1.29 is 0 Å². The van der Waals surface area contributed by atoms with E-state index in [1.54, 1.807) is 18.3 Å². The van der Waals surface area contributed by atoms with Crippen LogP contribution in [0.1, 0.15) is 5.56 Å². The van der Waals surface area contributed by atoms with Gasteiger partial charge in [-0.3, -0.25) is 0 Å². The van der Waals surface area contributed by atoms with Gasteiger partial charge in [-0.15, -0.1) is 0 Å². The Labute approximate surface area is 65.8 Å². The van der Waals surface area contributed by atoms with Crippen LogP contribution >= 0.6 is 0 Å². The molecule has 0 aromatic heterocycles. The second-order valence-electron chi connectivity index (χ2n) is 1.96. The molecule has 0 unspecified atom stereocenters. The van der Waals surface area contributed by atoms with Crippen molar-refractivity contribution in [3.63, 3.8) is 0 Å². The summed E-state index contributed by atoms with van der Waals surface area (Å²) < 4.78 is 0. The molecule has 0 amide bonds. The summed E-state index contributed by atoms with van der Waals surface area (Å²) in [4.78, 5) is 3.39. The molecule has 0 heterocycles. The quantitative estimate of drug-likeness (QED) is 0.434. The Morgan fingerprint density at radius 3 is 2.55 bits per heavy atom. The molecule has 0 aliphatic carbocycles. The lowest BCUT2D eigenvalue weighted by atomic mass is 10.1. The Kier molecular flexibility index (Phi) is 2.40. The van der Waals surface area contributed by atoms with Crippen molar-refractivity contribution in [1.29, 1.82) is 5.26 Å². The van der Waals surface area contributed by atoms with Crippen LogP contribution in [0.25, 0.3) is 0 Å². The summed E-state index contributed by atoms with van der Waals surface area (Å²) in [6, 6.07) is 9.17. The van der Waals surface area contributed by atoms with Crippen LogP contribution in [0.15, 0.2) is 35.3 Å². The minimum absolute atomic E-state index is 0.258. The largest absolute Gasteiger partial charge is 0.205 e. The van der Waals surface area contributed by atoms with Crippen molar-refractivity contribution in [1.82, 2.24) is 0 Å². The van der Waals surface area contributed by atoms with Crippen LogP contribution in [-0.2, 0) is 0 Å². The highest BCUT2D eigenvalue weighted by Gasteiger charge is 1.93. The summed E-state index contributed by atoms with van der Waals surface area (Å²) in [7, 11) is 0. The van der Waals surface area contributed by atoms with Crippen molar-refractivity contribution >= 4 is 5.71 Å². The predicted molar refractivity (Wildman–Crippen MR) is 42.9 cm³/mol. The van der Waals surface area contributed by atoms with Gasteiger partial charge in [0, 0.05) is 6.92 Å². The van der Waals surface area contributed by atoms with Gasteiger partial charge in [0.25, 0.3) is 0 Å². The molecule has 11 heavy (non-hydrogen) atoms. The van der Waals surface area contributed by atoms with Crippen LogP contribution in [0.3, 0.4) is 0 Å². The molecule has 0 N–H and O–H groups in total. The molecule has 52 valence electrons. The highest BCUT2D eigenvalue weighted by Crippen LogP contribution is 1.99. The van der Waals surface area contributed by atoms with Gasteiger partial charge in [0.1, 0.15) is 0 Å². The maximum Gasteiger partial charge on any atom is 0.205 e. The second kappa shape index (κ2) is 3.52. The third kappa shape index (κ3) is 1.91. The van der Waals surface area contributed by atoms with Gasteiger partial charge in [-0.05, 0) is 5.56 Å². The van der Waals surface area contributed by atoms with Gasteiger partial charge in [0.15, 0.2) is 0 Å². The first-order valence-corrected chi connectivity index (χ1v) is 3.12. The molecule has 2 radical (unpaired) electrons. The molecule has 0 aliphatic rings. The predicted octanol–water partition coefficient (Wildman–Crippen LogP) is 1.67. The number of nitrogens with zero attached hydrogens (tertiary/aromatic N) is 2. The molecule has 2 nitrogen and oxygen atoms in total. The maximum atomic E-state index is 8.18. The number of benzene rings is 1. The normalized spacial score (nSPS) is 10.7. The van der Waals surface area contributed by atoms with Crippen LogP contribution in [0.5, 0.6) is 0 Å². The van der Waals surface area contributed by atoms with Crippen LogP contribution < -0.4 is 0 Å². The van der Waals surface area contributed by atoms with E-state index in [1.807, 2.05) is 18.2 Å². The van der Waals surface area contributed by atoms with Crippen molar-refractivity contribution in [3.8, 4) is 6.19 Å². The lowest BCUT2D eigenvalue weighted by Crippen LogP contribution is -1.92. The minimum atomic E-state index is 0.258. The minimum Gasteiger partial charge on any atom is -0.177 e. The fourth-order valence-corrected chi connectivity index (χ4v) is 0.727. The zero-order valence-electron chi connectivity index (χ0n) is 5.86. The molecule has 2 heteroatoms. The first-order valence-electron chi connectivity index (χ1n) is 3.12. The molecule has 0 fully saturated rings. The molecule has 0 saturated heterocycles. The number of hydrogen-bond donors (Lipinski definition) is 0. The molecule has 1 aromatic rings. The van der Waals surface area contributed by atoms with Gasteiger partial charge < -0.3 is 0 Å². The van der Waals surface area contributed by atoms with E-state index in [1.165, 1.54) is 0 Å². The molecule has 0 bridgehead atoms. The van der Waals surface area contributed by atoms with E-state index >= 15 is 0 Å². The molecule has 0 aliphatic heterocycles. The molecular weight excluding hydrogens is 136 g/mol.